The Balaban J connectivity index is 2.57. The van der Waals surface area contributed by atoms with E-state index in [2.05, 4.69) is 20.5 Å². The highest BCUT2D eigenvalue weighted by atomic mass is 16.5. The molecule has 0 aromatic carbocycles. The van der Waals surface area contributed by atoms with Gasteiger partial charge in [-0.15, -0.1) is 5.10 Å². The van der Waals surface area contributed by atoms with Crippen LogP contribution in [0.4, 0.5) is 0 Å². The summed E-state index contributed by atoms with van der Waals surface area (Å²) in [4.78, 5) is 0. The quantitative estimate of drug-likeness (QED) is 0.382. The first-order valence-electron chi connectivity index (χ1n) is 6.36. The highest BCUT2D eigenvalue weighted by molar-refractivity contribution is 6.00. The zero-order chi connectivity index (χ0) is 15.7. The maximum absolute atomic E-state index is 8.95. The molecule has 0 unspecified atom stereocenters. The molecule has 0 spiro atoms. The number of amidine groups is 1. The number of hydrogen-bond donors (Lipinski definition) is 2. The Kier molecular flexibility index (Phi) is 3.79. The van der Waals surface area contributed by atoms with Gasteiger partial charge in [0.25, 0.3) is 5.88 Å². The molecule has 0 aliphatic carbocycles. The minimum absolute atomic E-state index is 0.0697. The van der Waals surface area contributed by atoms with Crippen LogP contribution >= 0.6 is 0 Å². The molecule has 0 fully saturated rings. The molecule has 0 bridgehead atoms. The maximum atomic E-state index is 8.95. The molecule has 0 aliphatic rings. The van der Waals surface area contributed by atoms with Crippen LogP contribution in [-0.4, -0.2) is 31.0 Å². The van der Waals surface area contributed by atoms with Crippen LogP contribution in [0, 0.1) is 27.7 Å². The van der Waals surface area contributed by atoms with Gasteiger partial charge in [-0.2, -0.15) is 10.2 Å². The van der Waals surface area contributed by atoms with Crippen molar-refractivity contribution in [1.29, 1.82) is 0 Å². The van der Waals surface area contributed by atoms with Crippen LogP contribution < -0.4 is 10.5 Å². The third-order valence-corrected chi connectivity index (χ3v) is 3.43. The molecule has 2 rings (SSSR count). The fourth-order valence-electron chi connectivity index (χ4n) is 2.01. The van der Waals surface area contributed by atoms with Gasteiger partial charge in [-0.1, -0.05) is 5.16 Å². The van der Waals surface area contributed by atoms with Crippen molar-refractivity contribution < 1.29 is 9.94 Å². The molecule has 112 valence electrons. The second-order valence-electron chi connectivity index (χ2n) is 4.80. The van der Waals surface area contributed by atoms with Gasteiger partial charge in [0.2, 0.25) is 0 Å². The highest BCUT2D eigenvalue weighted by Crippen LogP contribution is 2.30. The Morgan fingerprint density at radius 2 is 1.86 bits per heavy atom. The van der Waals surface area contributed by atoms with E-state index >= 15 is 0 Å². The van der Waals surface area contributed by atoms with E-state index in [1.165, 1.54) is 0 Å². The van der Waals surface area contributed by atoms with Crippen LogP contribution in [0.1, 0.15) is 28.2 Å². The van der Waals surface area contributed by atoms with Crippen LogP contribution in [-0.2, 0) is 7.05 Å². The van der Waals surface area contributed by atoms with Gasteiger partial charge >= 0.3 is 0 Å². The Morgan fingerprint density at radius 1 is 1.19 bits per heavy atom. The van der Waals surface area contributed by atoms with Gasteiger partial charge in [0.05, 0.1) is 17.0 Å². The van der Waals surface area contributed by atoms with E-state index in [0.717, 1.165) is 17.0 Å². The second-order valence-corrected chi connectivity index (χ2v) is 4.80. The smallest absolute Gasteiger partial charge is 0.250 e. The fraction of sp³-hybridized carbons (Fsp3) is 0.385. The normalized spacial score (nSPS) is 11.8. The van der Waals surface area contributed by atoms with Crippen molar-refractivity contribution in [2.24, 2.45) is 17.9 Å². The summed E-state index contributed by atoms with van der Waals surface area (Å²) in [5, 5.41) is 24.3. The Hall–Kier alpha value is -2.64. The fourth-order valence-corrected chi connectivity index (χ4v) is 2.01. The van der Waals surface area contributed by atoms with Gasteiger partial charge in [-0.05, 0) is 33.3 Å². The second kappa shape index (κ2) is 5.39. The molecule has 2 aromatic heterocycles. The number of hydrogen-bond acceptors (Lipinski definition) is 6. The number of nitrogens with two attached hydrogens (primary N) is 1. The summed E-state index contributed by atoms with van der Waals surface area (Å²) in [6, 6.07) is 0. The van der Waals surface area contributed by atoms with E-state index in [1.54, 1.807) is 11.6 Å². The van der Waals surface area contributed by atoms with E-state index in [4.69, 9.17) is 15.7 Å². The molecule has 0 radical (unpaired) electrons. The van der Waals surface area contributed by atoms with Crippen molar-refractivity contribution in [3.63, 3.8) is 0 Å². The summed E-state index contributed by atoms with van der Waals surface area (Å²) < 4.78 is 7.53. The third kappa shape index (κ3) is 2.51. The summed E-state index contributed by atoms with van der Waals surface area (Å²) in [6.07, 6.45) is 0. The van der Waals surface area contributed by atoms with Crippen molar-refractivity contribution in [1.82, 2.24) is 20.0 Å². The lowest BCUT2D eigenvalue weighted by atomic mass is 10.1. The van der Waals surface area contributed by atoms with Crippen molar-refractivity contribution in [2.75, 3.05) is 0 Å². The first kappa shape index (κ1) is 14.8. The minimum atomic E-state index is -0.0697. The summed E-state index contributed by atoms with van der Waals surface area (Å²) in [6.45, 7) is 7.32. The molecule has 2 aromatic rings. The van der Waals surface area contributed by atoms with E-state index < -0.39 is 0 Å². The van der Waals surface area contributed by atoms with Gasteiger partial charge in [0, 0.05) is 7.05 Å². The first-order valence-corrected chi connectivity index (χ1v) is 6.36. The molecule has 0 aliphatic heterocycles. The standard InChI is InChI=1S/C13H18N6O2/c1-6-7(2)15-16-13(10(6)12(14)18-20)21-11-8(3)17-19(5)9(11)4/h20H,1-5H3,(H2,14,18). The maximum Gasteiger partial charge on any atom is 0.250 e. The molecule has 0 saturated carbocycles. The molecule has 0 atom stereocenters. The number of nitrogens with zero attached hydrogens (tertiary/aromatic N) is 5. The van der Waals surface area contributed by atoms with Crippen LogP contribution in [0.3, 0.4) is 0 Å². The molecule has 8 nitrogen and oxygen atoms in total. The van der Waals surface area contributed by atoms with Crippen LogP contribution in [0.5, 0.6) is 11.6 Å². The van der Waals surface area contributed by atoms with E-state index in [0.29, 0.717) is 17.0 Å². The SMILES string of the molecule is Cc1nnc(Oc2c(C)nn(C)c2C)c(C(N)=NO)c1C. The molecular weight excluding hydrogens is 272 g/mol. The third-order valence-electron chi connectivity index (χ3n) is 3.43. The summed E-state index contributed by atoms with van der Waals surface area (Å²) >= 11 is 0. The lowest BCUT2D eigenvalue weighted by Gasteiger charge is -2.12. The van der Waals surface area contributed by atoms with E-state index in [9.17, 15) is 0 Å². The predicted octanol–water partition coefficient (Wildman–Crippen LogP) is 1.33. The van der Waals surface area contributed by atoms with Gasteiger partial charge in [-0.3, -0.25) is 4.68 Å². The van der Waals surface area contributed by atoms with Gasteiger partial charge in [0.15, 0.2) is 11.6 Å². The first-order chi connectivity index (χ1) is 9.86. The lowest BCUT2D eigenvalue weighted by Crippen LogP contribution is -2.18. The average Bonchev–Trinajstić information content (AvgIpc) is 2.69. The van der Waals surface area contributed by atoms with Crippen LogP contribution in [0.25, 0.3) is 0 Å². The lowest BCUT2D eigenvalue weighted by molar-refractivity contribution is 0.318. The van der Waals surface area contributed by atoms with Crippen molar-refractivity contribution in [3.8, 4) is 11.6 Å². The molecule has 21 heavy (non-hydrogen) atoms. The average molecular weight is 290 g/mol. The van der Waals surface area contributed by atoms with E-state index in [1.807, 2.05) is 27.8 Å². The molecule has 0 saturated heterocycles. The van der Waals surface area contributed by atoms with Crippen molar-refractivity contribution in [2.45, 2.75) is 27.7 Å². The molecule has 3 N–H and O–H groups in total. The van der Waals surface area contributed by atoms with Gasteiger partial charge < -0.3 is 15.7 Å². The van der Waals surface area contributed by atoms with Crippen molar-refractivity contribution in [3.05, 3.63) is 28.2 Å². The molecule has 0 amide bonds. The number of oxime groups is 1. The number of ether oxygens (including phenoxy) is 1. The summed E-state index contributed by atoms with van der Waals surface area (Å²) in [5.74, 6) is 0.703. The topological polar surface area (TPSA) is 111 Å². The zero-order valence-electron chi connectivity index (χ0n) is 12.7. The zero-order valence-corrected chi connectivity index (χ0v) is 12.7. The van der Waals surface area contributed by atoms with Crippen molar-refractivity contribution >= 4 is 5.84 Å². The number of rotatable bonds is 3. The molecule has 8 heteroatoms. The van der Waals surface area contributed by atoms with E-state index in [-0.39, 0.29) is 11.7 Å². The minimum Gasteiger partial charge on any atom is -0.433 e. The Labute approximate surface area is 122 Å². The Bertz CT molecular complexity index is 720. The summed E-state index contributed by atoms with van der Waals surface area (Å²) in [5.41, 5.74) is 9.15. The van der Waals surface area contributed by atoms with Gasteiger partial charge in [0.1, 0.15) is 5.69 Å². The highest BCUT2D eigenvalue weighted by Gasteiger charge is 2.20. The monoisotopic (exact) mass is 290 g/mol. The number of aryl methyl sites for hydroxylation is 3. The summed E-state index contributed by atoms with van der Waals surface area (Å²) in [7, 11) is 1.83. The van der Waals surface area contributed by atoms with Crippen LogP contribution in [0.15, 0.2) is 5.16 Å². The predicted molar refractivity (Wildman–Crippen MR) is 76.8 cm³/mol. The van der Waals surface area contributed by atoms with Crippen LogP contribution in [0.2, 0.25) is 0 Å². The molecule has 2 heterocycles. The number of aromatic nitrogens is 4. The molecular formula is C13H18N6O2. The van der Waals surface area contributed by atoms with Gasteiger partial charge in [-0.25, -0.2) is 0 Å². The Morgan fingerprint density at radius 3 is 2.38 bits per heavy atom. The largest absolute Gasteiger partial charge is 0.433 e.